The summed E-state index contributed by atoms with van der Waals surface area (Å²) in [4.78, 5) is 0.124. The highest BCUT2D eigenvalue weighted by Gasteiger charge is 2.22. The predicted molar refractivity (Wildman–Crippen MR) is 81.0 cm³/mol. The molecule has 0 aliphatic carbocycles. The third-order valence-corrected chi connectivity index (χ3v) is 5.29. The molecule has 0 heterocycles. The van der Waals surface area contributed by atoms with E-state index in [-0.39, 0.29) is 4.90 Å². The Balaban J connectivity index is 2.14. The Morgan fingerprint density at radius 1 is 1.00 bits per heavy atom. The van der Waals surface area contributed by atoms with Crippen LogP contribution in [0, 0.1) is 5.82 Å². The summed E-state index contributed by atoms with van der Waals surface area (Å²) in [7, 11) is -3.57. The van der Waals surface area contributed by atoms with Gasteiger partial charge in [-0.05, 0) is 36.2 Å². The van der Waals surface area contributed by atoms with Gasteiger partial charge in [-0.25, -0.2) is 12.8 Å². The molecule has 0 amide bonds. The summed E-state index contributed by atoms with van der Waals surface area (Å²) in [5.74, 6) is -0.443. The molecule has 0 aliphatic heterocycles. The van der Waals surface area contributed by atoms with Gasteiger partial charge in [0, 0.05) is 13.1 Å². The molecule has 0 saturated carbocycles. The second-order valence-corrected chi connectivity index (χ2v) is 6.62. The lowest BCUT2D eigenvalue weighted by atomic mass is 10.1. The second kappa shape index (κ2) is 6.83. The van der Waals surface area contributed by atoms with Crippen molar-refractivity contribution in [2.75, 3.05) is 13.1 Å². The highest BCUT2D eigenvalue weighted by atomic mass is 32.2. The Bertz CT molecular complexity index is 669. The summed E-state index contributed by atoms with van der Waals surface area (Å²) < 4.78 is 39.3. The fourth-order valence-electron chi connectivity index (χ4n) is 2.10. The summed E-state index contributed by atoms with van der Waals surface area (Å²) in [6, 6.07) is 14.7. The van der Waals surface area contributed by atoms with Gasteiger partial charge >= 0.3 is 0 Å². The average Bonchev–Trinajstić information content (AvgIpc) is 2.49. The first-order valence-electron chi connectivity index (χ1n) is 6.83. The van der Waals surface area contributed by atoms with E-state index < -0.39 is 15.8 Å². The Morgan fingerprint density at radius 2 is 1.62 bits per heavy atom. The van der Waals surface area contributed by atoms with Crippen molar-refractivity contribution in [3.8, 4) is 0 Å². The Labute approximate surface area is 125 Å². The fraction of sp³-hybridized carbons (Fsp3) is 0.250. The molecule has 5 heteroatoms. The van der Waals surface area contributed by atoms with Crippen molar-refractivity contribution in [2.24, 2.45) is 0 Å². The summed E-state index contributed by atoms with van der Waals surface area (Å²) in [6.07, 6.45) is 0.648. The van der Waals surface area contributed by atoms with Gasteiger partial charge in [0.15, 0.2) is 0 Å². The van der Waals surface area contributed by atoms with E-state index in [1.54, 1.807) is 6.92 Å². The summed E-state index contributed by atoms with van der Waals surface area (Å²) in [6.45, 7) is 2.58. The molecule has 0 aromatic heterocycles. The van der Waals surface area contributed by atoms with E-state index in [9.17, 15) is 12.8 Å². The number of sulfonamides is 1. The molecular weight excluding hydrogens is 289 g/mol. The Hall–Kier alpha value is -1.72. The lowest BCUT2D eigenvalue weighted by Crippen LogP contribution is -2.32. The van der Waals surface area contributed by atoms with Crippen LogP contribution in [0.1, 0.15) is 12.5 Å². The van der Waals surface area contributed by atoms with E-state index in [0.29, 0.717) is 19.5 Å². The SMILES string of the molecule is CCN(CCc1ccccc1)S(=O)(=O)c1ccc(F)cc1. The molecule has 0 aliphatic rings. The third kappa shape index (κ3) is 3.89. The van der Waals surface area contributed by atoms with Gasteiger partial charge < -0.3 is 0 Å². The first kappa shape index (κ1) is 15.7. The van der Waals surface area contributed by atoms with Crippen LogP contribution in [0.15, 0.2) is 59.5 Å². The molecule has 0 radical (unpaired) electrons. The van der Waals surface area contributed by atoms with E-state index >= 15 is 0 Å². The van der Waals surface area contributed by atoms with Gasteiger partial charge in [-0.15, -0.1) is 0 Å². The molecule has 0 N–H and O–H groups in total. The monoisotopic (exact) mass is 307 g/mol. The van der Waals surface area contributed by atoms with E-state index in [0.717, 1.165) is 17.7 Å². The van der Waals surface area contributed by atoms with Crippen LogP contribution in [0.5, 0.6) is 0 Å². The van der Waals surface area contributed by atoms with Crippen LogP contribution < -0.4 is 0 Å². The van der Waals surface area contributed by atoms with Gasteiger partial charge in [-0.3, -0.25) is 0 Å². The average molecular weight is 307 g/mol. The summed E-state index contributed by atoms with van der Waals surface area (Å²) >= 11 is 0. The number of rotatable bonds is 6. The van der Waals surface area contributed by atoms with Crippen LogP contribution in [0.25, 0.3) is 0 Å². The third-order valence-electron chi connectivity index (χ3n) is 3.30. The highest BCUT2D eigenvalue weighted by Crippen LogP contribution is 2.16. The van der Waals surface area contributed by atoms with Gasteiger partial charge in [0.2, 0.25) is 10.0 Å². The van der Waals surface area contributed by atoms with Crippen LogP contribution in [-0.2, 0) is 16.4 Å². The van der Waals surface area contributed by atoms with Crippen molar-refractivity contribution >= 4 is 10.0 Å². The largest absolute Gasteiger partial charge is 0.243 e. The lowest BCUT2D eigenvalue weighted by Gasteiger charge is -2.20. The molecule has 0 fully saturated rings. The minimum Gasteiger partial charge on any atom is -0.207 e. The molecule has 0 bridgehead atoms. The lowest BCUT2D eigenvalue weighted by molar-refractivity contribution is 0.431. The van der Waals surface area contributed by atoms with Gasteiger partial charge in [-0.2, -0.15) is 4.31 Å². The maximum absolute atomic E-state index is 12.9. The van der Waals surface area contributed by atoms with Crippen molar-refractivity contribution in [1.82, 2.24) is 4.31 Å². The van der Waals surface area contributed by atoms with Crippen LogP contribution >= 0.6 is 0 Å². The molecular formula is C16H18FNO2S. The smallest absolute Gasteiger partial charge is 0.207 e. The van der Waals surface area contributed by atoms with Crippen molar-refractivity contribution in [3.05, 3.63) is 66.0 Å². The Morgan fingerprint density at radius 3 is 2.19 bits per heavy atom. The zero-order valence-electron chi connectivity index (χ0n) is 11.9. The number of nitrogens with zero attached hydrogens (tertiary/aromatic N) is 1. The van der Waals surface area contributed by atoms with Crippen LogP contribution in [0.2, 0.25) is 0 Å². The van der Waals surface area contributed by atoms with Gasteiger partial charge in [0.1, 0.15) is 5.82 Å². The van der Waals surface area contributed by atoms with Gasteiger partial charge in [-0.1, -0.05) is 37.3 Å². The maximum Gasteiger partial charge on any atom is 0.243 e. The minimum atomic E-state index is -3.57. The van der Waals surface area contributed by atoms with Gasteiger partial charge in [0.25, 0.3) is 0 Å². The van der Waals surface area contributed by atoms with E-state index in [1.165, 1.54) is 16.4 Å². The molecule has 0 saturated heterocycles. The van der Waals surface area contributed by atoms with Crippen LogP contribution in [0.3, 0.4) is 0 Å². The molecule has 0 unspecified atom stereocenters. The fourth-order valence-corrected chi connectivity index (χ4v) is 3.55. The molecule has 2 rings (SSSR count). The molecule has 2 aromatic carbocycles. The number of hydrogen-bond donors (Lipinski definition) is 0. The normalized spacial score (nSPS) is 11.8. The standard InChI is InChI=1S/C16H18FNO2S/c1-2-18(13-12-14-6-4-3-5-7-14)21(19,20)16-10-8-15(17)9-11-16/h3-11H,2,12-13H2,1H3. The quantitative estimate of drug-likeness (QED) is 0.822. The zero-order chi connectivity index (χ0) is 15.3. The van der Waals surface area contributed by atoms with E-state index in [2.05, 4.69) is 0 Å². The summed E-state index contributed by atoms with van der Waals surface area (Å²) in [5.41, 5.74) is 1.09. The van der Waals surface area contributed by atoms with Crippen molar-refractivity contribution < 1.29 is 12.8 Å². The molecule has 0 spiro atoms. The molecule has 3 nitrogen and oxygen atoms in total. The highest BCUT2D eigenvalue weighted by molar-refractivity contribution is 7.89. The van der Waals surface area contributed by atoms with Crippen molar-refractivity contribution in [2.45, 2.75) is 18.2 Å². The van der Waals surface area contributed by atoms with Crippen LogP contribution in [0.4, 0.5) is 4.39 Å². The van der Waals surface area contributed by atoms with E-state index in [1.807, 2.05) is 30.3 Å². The van der Waals surface area contributed by atoms with Crippen molar-refractivity contribution in [1.29, 1.82) is 0 Å². The second-order valence-electron chi connectivity index (χ2n) is 4.69. The number of halogens is 1. The number of benzene rings is 2. The molecule has 2 aromatic rings. The molecule has 0 atom stereocenters. The summed E-state index contributed by atoms with van der Waals surface area (Å²) in [5, 5.41) is 0. The maximum atomic E-state index is 12.9. The molecule has 112 valence electrons. The van der Waals surface area contributed by atoms with Gasteiger partial charge in [0.05, 0.1) is 4.90 Å². The minimum absolute atomic E-state index is 0.124. The van der Waals surface area contributed by atoms with E-state index in [4.69, 9.17) is 0 Å². The topological polar surface area (TPSA) is 37.4 Å². The first-order valence-corrected chi connectivity index (χ1v) is 8.27. The van der Waals surface area contributed by atoms with Crippen molar-refractivity contribution in [3.63, 3.8) is 0 Å². The predicted octanol–water partition coefficient (Wildman–Crippen LogP) is 3.08. The zero-order valence-corrected chi connectivity index (χ0v) is 12.7. The Kier molecular flexibility index (Phi) is 5.09. The first-order chi connectivity index (χ1) is 10.0. The van der Waals surface area contributed by atoms with Crippen LogP contribution in [-0.4, -0.2) is 25.8 Å². The molecule has 21 heavy (non-hydrogen) atoms. The number of hydrogen-bond acceptors (Lipinski definition) is 2. The number of likely N-dealkylation sites (N-methyl/N-ethyl adjacent to an activating group) is 1.